The number of halogens is 2. The van der Waals surface area contributed by atoms with Gasteiger partial charge < -0.3 is 25.4 Å². The smallest absolute Gasteiger partial charge is 0.251 e. The van der Waals surface area contributed by atoms with Crippen molar-refractivity contribution in [2.45, 2.75) is 49.3 Å². The van der Waals surface area contributed by atoms with E-state index >= 15 is 0 Å². The number of nitrogens with zero attached hydrogens (tertiary/aromatic N) is 1. The average Bonchev–Trinajstić information content (AvgIpc) is 2.85. The molecular formula is C22H32Cl2N4O6S. The second-order valence-electron chi connectivity index (χ2n) is 8.44. The molecule has 0 aromatic heterocycles. The second kappa shape index (κ2) is 13.2. The van der Waals surface area contributed by atoms with Gasteiger partial charge >= 0.3 is 0 Å². The van der Waals surface area contributed by atoms with Crippen molar-refractivity contribution in [3.05, 3.63) is 28.2 Å². The minimum absolute atomic E-state index is 0.0324. The molecule has 2 saturated heterocycles. The maximum Gasteiger partial charge on any atom is 0.251 e. The number of ether oxygens (including phenoxy) is 2. The van der Waals surface area contributed by atoms with Crippen LogP contribution >= 0.6 is 23.2 Å². The van der Waals surface area contributed by atoms with Crippen LogP contribution in [0.25, 0.3) is 0 Å². The van der Waals surface area contributed by atoms with Gasteiger partial charge in [0.1, 0.15) is 17.0 Å². The number of hydrogen-bond donors (Lipinski definition) is 3. The van der Waals surface area contributed by atoms with Gasteiger partial charge in [0, 0.05) is 37.7 Å². The molecule has 2 amide bonds. The van der Waals surface area contributed by atoms with E-state index in [9.17, 15) is 18.0 Å². The van der Waals surface area contributed by atoms with Crippen LogP contribution < -0.4 is 16.0 Å². The number of morpholine rings is 2. The fourth-order valence-corrected chi connectivity index (χ4v) is 6.07. The van der Waals surface area contributed by atoms with Gasteiger partial charge in [0.25, 0.3) is 5.91 Å². The van der Waals surface area contributed by atoms with Crippen LogP contribution in [0.1, 0.15) is 26.2 Å². The standard InChI is InChI=1S/C22H32Cl2N4O6S/c1-2-3-4-18(27-22(30)19-13-25-7-9-34-19)21(29)26-12-16-14-28(8-10-33-16)35(31,32)20-6-5-15(23)11-17(20)24/h5-6,11,16,18-19,25H,2-4,7-10,12-14H2,1H3,(H,26,29)(H,27,30)/t16?,18-,19?/m0/s1. The van der Waals surface area contributed by atoms with Crippen molar-refractivity contribution in [1.29, 1.82) is 0 Å². The largest absolute Gasteiger partial charge is 0.374 e. The van der Waals surface area contributed by atoms with E-state index in [0.29, 0.717) is 31.1 Å². The summed E-state index contributed by atoms with van der Waals surface area (Å²) in [4.78, 5) is 25.4. The van der Waals surface area contributed by atoms with Crippen LogP contribution in [-0.2, 0) is 29.1 Å². The number of amides is 2. The Labute approximate surface area is 216 Å². The van der Waals surface area contributed by atoms with Gasteiger partial charge in [-0.15, -0.1) is 0 Å². The quantitative estimate of drug-likeness (QED) is 0.399. The first-order valence-corrected chi connectivity index (χ1v) is 13.9. The molecule has 2 heterocycles. The van der Waals surface area contributed by atoms with E-state index in [0.717, 1.165) is 12.8 Å². The number of benzene rings is 1. The topological polar surface area (TPSA) is 126 Å². The molecule has 2 aliphatic heterocycles. The van der Waals surface area contributed by atoms with E-state index in [4.69, 9.17) is 32.7 Å². The summed E-state index contributed by atoms with van der Waals surface area (Å²) in [5.41, 5.74) is 0. The molecule has 0 spiro atoms. The molecular weight excluding hydrogens is 519 g/mol. The van der Waals surface area contributed by atoms with Crippen molar-refractivity contribution in [3.8, 4) is 0 Å². The van der Waals surface area contributed by atoms with Crippen molar-refractivity contribution in [1.82, 2.24) is 20.3 Å². The highest BCUT2D eigenvalue weighted by Gasteiger charge is 2.33. The van der Waals surface area contributed by atoms with Crippen molar-refractivity contribution in [2.75, 3.05) is 45.9 Å². The summed E-state index contributed by atoms with van der Waals surface area (Å²) in [6.07, 6.45) is 0.917. The van der Waals surface area contributed by atoms with Crippen molar-refractivity contribution in [3.63, 3.8) is 0 Å². The van der Waals surface area contributed by atoms with Crippen molar-refractivity contribution in [2.24, 2.45) is 0 Å². The molecule has 35 heavy (non-hydrogen) atoms. The van der Waals surface area contributed by atoms with Crippen LogP contribution in [0.15, 0.2) is 23.1 Å². The van der Waals surface area contributed by atoms with Crippen molar-refractivity contribution < 1.29 is 27.5 Å². The second-order valence-corrected chi connectivity index (χ2v) is 11.2. The van der Waals surface area contributed by atoms with Crippen LogP contribution in [0.2, 0.25) is 10.0 Å². The number of hydrogen-bond acceptors (Lipinski definition) is 7. The molecule has 0 aliphatic carbocycles. The zero-order valence-corrected chi connectivity index (χ0v) is 21.9. The molecule has 2 aliphatic rings. The Hall–Kier alpha value is -1.47. The predicted octanol–water partition coefficient (Wildman–Crippen LogP) is 1.16. The number of carbonyl (C=O) groups is 2. The third kappa shape index (κ3) is 7.75. The number of sulfonamides is 1. The predicted molar refractivity (Wildman–Crippen MR) is 132 cm³/mol. The van der Waals surface area contributed by atoms with Crippen LogP contribution in [0.5, 0.6) is 0 Å². The number of nitrogens with one attached hydrogen (secondary N) is 3. The zero-order chi connectivity index (χ0) is 25.4. The van der Waals surface area contributed by atoms with Crippen LogP contribution in [0.3, 0.4) is 0 Å². The lowest BCUT2D eigenvalue weighted by Gasteiger charge is -2.32. The van der Waals surface area contributed by atoms with E-state index in [1.165, 1.54) is 22.5 Å². The SMILES string of the molecule is CCCC[C@H](NC(=O)C1CNCCO1)C(=O)NCC1CN(S(=O)(=O)c2ccc(Cl)cc2Cl)CCO1. The minimum Gasteiger partial charge on any atom is -0.374 e. The van der Waals surface area contributed by atoms with Gasteiger partial charge in [0.05, 0.1) is 24.3 Å². The van der Waals surface area contributed by atoms with Gasteiger partial charge in [-0.2, -0.15) is 4.31 Å². The van der Waals surface area contributed by atoms with E-state index in [2.05, 4.69) is 16.0 Å². The summed E-state index contributed by atoms with van der Waals surface area (Å²) in [5.74, 6) is -0.681. The molecule has 196 valence electrons. The molecule has 10 nitrogen and oxygen atoms in total. The molecule has 1 aromatic rings. The summed E-state index contributed by atoms with van der Waals surface area (Å²) >= 11 is 12.0. The Morgan fingerprint density at radius 2 is 2.06 bits per heavy atom. The van der Waals surface area contributed by atoms with Crippen LogP contribution in [-0.4, -0.2) is 88.7 Å². The summed E-state index contributed by atoms with van der Waals surface area (Å²) in [6, 6.07) is 3.51. The first-order valence-electron chi connectivity index (χ1n) is 11.7. The van der Waals surface area contributed by atoms with Gasteiger partial charge in [-0.3, -0.25) is 9.59 Å². The molecule has 0 saturated carbocycles. The average molecular weight is 551 g/mol. The monoisotopic (exact) mass is 550 g/mol. The number of unbranched alkanes of at least 4 members (excludes halogenated alkanes) is 1. The Balaban J connectivity index is 1.58. The lowest BCUT2D eigenvalue weighted by Crippen LogP contribution is -2.55. The fraction of sp³-hybridized carbons (Fsp3) is 0.636. The first-order chi connectivity index (χ1) is 16.7. The van der Waals surface area contributed by atoms with E-state index in [-0.39, 0.29) is 48.0 Å². The van der Waals surface area contributed by atoms with Gasteiger partial charge in [0.2, 0.25) is 15.9 Å². The van der Waals surface area contributed by atoms with E-state index in [1.54, 1.807) is 0 Å². The maximum absolute atomic E-state index is 13.1. The summed E-state index contributed by atoms with van der Waals surface area (Å²) in [7, 11) is -3.86. The molecule has 0 bridgehead atoms. The number of rotatable bonds is 10. The normalized spacial score (nSPS) is 22.4. The summed E-state index contributed by atoms with van der Waals surface area (Å²) < 4.78 is 38.6. The Bertz CT molecular complexity index is 990. The van der Waals surface area contributed by atoms with Gasteiger partial charge in [0.15, 0.2) is 0 Å². The highest BCUT2D eigenvalue weighted by molar-refractivity contribution is 7.89. The molecule has 3 atom stereocenters. The molecule has 2 fully saturated rings. The van der Waals surface area contributed by atoms with E-state index in [1.807, 2.05) is 6.92 Å². The lowest BCUT2D eigenvalue weighted by molar-refractivity contribution is -0.138. The van der Waals surface area contributed by atoms with Crippen LogP contribution in [0.4, 0.5) is 0 Å². The molecule has 0 radical (unpaired) electrons. The minimum atomic E-state index is -3.86. The Morgan fingerprint density at radius 1 is 1.26 bits per heavy atom. The van der Waals surface area contributed by atoms with Crippen LogP contribution in [0, 0.1) is 0 Å². The summed E-state index contributed by atoms with van der Waals surface area (Å²) in [6.45, 7) is 4.00. The Morgan fingerprint density at radius 3 is 2.74 bits per heavy atom. The third-order valence-corrected chi connectivity index (χ3v) is 8.40. The fourth-order valence-electron chi connectivity index (χ4n) is 3.87. The zero-order valence-electron chi connectivity index (χ0n) is 19.6. The molecule has 13 heteroatoms. The lowest BCUT2D eigenvalue weighted by atomic mass is 10.1. The molecule has 3 N–H and O–H groups in total. The van der Waals surface area contributed by atoms with Gasteiger partial charge in [-0.25, -0.2) is 8.42 Å². The molecule has 3 rings (SSSR count). The highest BCUT2D eigenvalue weighted by atomic mass is 35.5. The van der Waals surface area contributed by atoms with E-state index < -0.39 is 28.3 Å². The van der Waals surface area contributed by atoms with Gasteiger partial charge in [-0.05, 0) is 24.6 Å². The molecule has 2 unspecified atom stereocenters. The highest BCUT2D eigenvalue weighted by Crippen LogP contribution is 2.28. The third-order valence-electron chi connectivity index (χ3n) is 5.82. The molecule has 1 aromatic carbocycles. The van der Waals surface area contributed by atoms with Gasteiger partial charge in [-0.1, -0.05) is 43.0 Å². The first kappa shape index (κ1) is 28.1. The van der Waals surface area contributed by atoms with Crippen molar-refractivity contribution >= 4 is 45.0 Å². The summed E-state index contributed by atoms with van der Waals surface area (Å²) in [5, 5.41) is 9.06. The Kier molecular flexibility index (Phi) is 10.6. The number of carbonyl (C=O) groups excluding carboxylic acids is 2. The maximum atomic E-state index is 13.1.